The molecule has 0 atom stereocenters. The van der Waals surface area contributed by atoms with Crippen LogP contribution in [0.15, 0.2) is 54.6 Å². The molecule has 1 aliphatic carbocycles. The second kappa shape index (κ2) is 3.59. The molecule has 68 valence electrons. The van der Waals surface area contributed by atoms with Gasteiger partial charge in [-0.3, -0.25) is 0 Å². The molecule has 0 fully saturated rings. The van der Waals surface area contributed by atoms with Gasteiger partial charge in [0.05, 0.1) is 11.1 Å². The first-order valence-corrected chi connectivity index (χ1v) is 4.75. The Kier molecular flexibility index (Phi) is 2.28. The SMILES string of the molecule is C=C1C=C(c2ccc(C)cc2)C=C[CH+]1. The Labute approximate surface area is 85.3 Å². The van der Waals surface area contributed by atoms with E-state index in [0.717, 1.165) is 5.57 Å². The lowest BCUT2D eigenvalue weighted by Crippen LogP contribution is -1.88. The summed E-state index contributed by atoms with van der Waals surface area (Å²) in [5, 5.41) is 0. The number of hydrogen-bond donors (Lipinski definition) is 0. The van der Waals surface area contributed by atoms with E-state index in [0.29, 0.717) is 0 Å². The molecule has 0 aromatic heterocycles. The Bertz CT molecular complexity index is 402. The summed E-state index contributed by atoms with van der Waals surface area (Å²) in [7, 11) is 0. The zero-order chi connectivity index (χ0) is 9.97. The van der Waals surface area contributed by atoms with E-state index in [1.807, 2.05) is 12.5 Å². The lowest BCUT2D eigenvalue weighted by molar-refractivity contribution is 1.44. The van der Waals surface area contributed by atoms with Crippen molar-refractivity contribution in [1.29, 1.82) is 0 Å². The monoisotopic (exact) mass is 181 g/mol. The summed E-state index contributed by atoms with van der Waals surface area (Å²) in [6.45, 7) is 6.02. The molecule has 14 heavy (non-hydrogen) atoms. The third-order valence-corrected chi connectivity index (χ3v) is 2.31. The van der Waals surface area contributed by atoms with E-state index in [4.69, 9.17) is 0 Å². The van der Waals surface area contributed by atoms with Gasteiger partial charge in [-0.25, -0.2) is 0 Å². The summed E-state index contributed by atoms with van der Waals surface area (Å²) in [5.41, 5.74) is 4.83. The lowest BCUT2D eigenvalue weighted by atomic mass is 9.97. The van der Waals surface area contributed by atoms with E-state index >= 15 is 0 Å². The fourth-order valence-corrected chi connectivity index (χ4v) is 1.50. The van der Waals surface area contributed by atoms with Gasteiger partial charge in [0.15, 0.2) is 0 Å². The molecule has 0 N–H and O–H groups in total. The molecule has 1 aromatic carbocycles. The largest absolute Gasteiger partial charge is 0.0894 e. The normalized spacial score (nSPS) is 14.9. The first-order chi connectivity index (χ1) is 6.75. The van der Waals surface area contributed by atoms with Crippen LogP contribution in [0, 0.1) is 13.3 Å². The van der Waals surface area contributed by atoms with Crippen molar-refractivity contribution < 1.29 is 0 Å². The summed E-state index contributed by atoms with van der Waals surface area (Å²) >= 11 is 0. The minimum Gasteiger partial charge on any atom is -0.0586 e. The topological polar surface area (TPSA) is 0 Å². The highest BCUT2D eigenvalue weighted by Crippen LogP contribution is 2.22. The van der Waals surface area contributed by atoms with Crippen LogP contribution in [0.4, 0.5) is 0 Å². The van der Waals surface area contributed by atoms with Gasteiger partial charge in [-0.15, -0.1) is 0 Å². The molecule has 0 bridgehead atoms. The van der Waals surface area contributed by atoms with Crippen LogP contribution in [0.3, 0.4) is 0 Å². The molecule has 0 unspecified atom stereocenters. The third kappa shape index (κ3) is 1.80. The van der Waals surface area contributed by atoms with Gasteiger partial charge >= 0.3 is 0 Å². The smallest absolute Gasteiger partial charge is 0.0586 e. The van der Waals surface area contributed by atoms with Crippen molar-refractivity contribution in [2.24, 2.45) is 0 Å². The lowest BCUT2D eigenvalue weighted by Gasteiger charge is -2.03. The van der Waals surface area contributed by atoms with Crippen molar-refractivity contribution in [3.8, 4) is 0 Å². The molecule has 1 aliphatic rings. The van der Waals surface area contributed by atoms with Gasteiger partial charge in [0, 0.05) is 30.2 Å². The Morgan fingerprint density at radius 3 is 2.50 bits per heavy atom. The second-order valence-corrected chi connectivity index (χ2v) is 3.57. The van der Waals surface area contributed by atoms with Crippen molar-refractivity contribution in [2.75, 3.05) is 0 Å². The first kappa shape index (κ1) is 8.89. The maximum Gasteiger partial charge on any atom is 0.0894 e. The van der Waals surface area contributed by atoms with Crippen LogP contribution < -0.4 is 0 Å². The van der Waals surface area contributed by atoms with Crippen LogP contribution in [0.2, 0.25) is 0 Å². The van der Waals surface area contributed by atoms with E-state index in [-0.39, 0.29) is 0 Å². The van der Waals surface area contributed by atoms with Gasteiger partial charge in [0.1, 0.15) is 0 Å². The molecular formula is C14H13+. The molecule has 2 rings (SSSR count). The van der Waals surface area contributed by atoms with Crippen molar-refractivity contribution in [1.82, 2.24) is 0 Å². The summed E-state index contributed by atoms with van der Waals surface area (Å²) in [5.74, 6) is 0. The molecule has 0 nitrogen and oxygen atoms in total. The fourth-order valence-electron chi connectivity index (χ4n) is 1.50. The minimum absolute atomic E-state index is 1.06. The molecule has 1 aromatic rings. The van der Waals surface area contributed by atoms with Gasteiger partial charge in [0.25, 0.3) is 0 Å². The molecule has 0 heteroatoms. The van der Waals surface area contributed by atoms with E-state index in [2.05, 4.69) is 49.9 Å². The summed E-state index contributed by atoms with van der Waals surface area (Å²) in [6.07, 6.45) is 8.26. The molecule has 0 aliphatic heterocycles. The maximum absolute atomic E-state index is 3.92. The molecule has 0 spiro atoms. The molecule has 0 heterocycles. The van der Waals surface area contributed by atoms with Crippen LogP contribution in [0.1, 0.15) is 11.1 Å². The Morgan fingerprint density at radius 2 is 1.86 bits per heavy atom. The first-order valence-electron chi connectivity index (χ1n) is 4.75. The van der Waals surface area contributed by atoms with Crippen molar-refractivity contribution in [2.45, 2.75) is 6.92 Å². The highest BCUT2D eigenvalue weighted by molar-refractivity contribution is 5.78. The van der Waals surface area contributed by atoms with Gasteiger partial charge < -0.3 is 0 Å². The summed E-state index contributed by atoms with van der Waals surface area (Å²) in [4.78, 5) is 0. The fraction of sp³-hybridized carbons (Fsp3) is 0.0714. The average molecular weight is 181 g/mol. The van der Waals surface area contributed by atoms with Crippen molar-refractivity contribution in [3.63, 3.8) is 0 Å². The van der Waals surface area contributed by atoms with Crippen LogP contribution in [-0.2, 0) is 0 Å². The van der Waals surface area contributed by atoms with E-state index in [9.17, 15) is 0 Å². The third-order valence-electron chi connectivity index (χ3n) is 2.31. The van der Waals surface area contributed by atoms with E-state index in [1.54, 1.807) is 0 Å². The van der Waals surface area contributed by atoms with Gasteiger partial charge in [-0.2, -0.15) is 0 Å². The van der Waals surface area contributed by atoms with E-state index < -0.39 is 0 Å². The van der Waals surface area contributed by atoms with Crippen molar-refractivity contribution in [3.05, 3.63) is 72.2 Å². The minimum atomic E-state index is 1.06. The molecular weight excluding hydrogens is 168 g/mol. The quantitative estimate of drug-likeness (QED) is 0.579. The summed E-state index contributed by atoms with van der Waals surface area (Å²) in [6, 6.07) is 8.55. The van der Waals surface area contributed by atoms with Crippen molar-refractivity contribution >= 4 is 5.57 Å². The summed E-state index contributed by atoms with van der Waals surface area (Å²) < 4.78 is 0. The number of allylic oxidation sites excluding steroid dienone is 5. The van der Waals surface area contributed by atoms with E-state index in [1.165, 1.54) is 16.7 Å². The van der Waals surface area contributed by atoms with Crippen LogP contribution in [0.5, 0.6) is 0 Å². The predicted molar refractivity (Wildman–Crippen MR) is 61.7 cm³/mol. The van der Waals surface area contributed by atoms with Crippen LogP contribution >= 0.6 is 0 Å². The van der Waals surface area contributed by atoms with Gasteiger partial charge in [-0.05, 0) is 13.5 Å². The Balaban J connectivity index is 2.35. The highest BCUT2D eigenvalue weighted by atomic mass is 14.1. The molecule has 0 radical (unpaired) electrons. The van der Waals surface area contributed by atoms with Gasteiger partial charge in [-0.1, -0.05) is 29.8 Å². The van der Waals surface area contributed by atoms with Crippen LogP contribution in [0.25, 0.3) is 5.57 Å². The standard InChI is InChI=1S/C14H13/c1-11-6-8-13(9-7-11)14-5-3-4-12(2)10-14/h3-10H,2H2,1H3/q+1. The Morgan fingerprint density at radius 1 is 1.14 bits per heavy atom. The molecule has 0 saturated heterocycles. The number of hydrogen-bond acceptors (Lipinski definition) is 0. The number of benzene rings is 1. The molecule has 0 saturated carbocycles. The zero-order valence-electron chi connectivity index (χ0n) is 8.33. The zero-order valence-corrected chi connectivity index (χ0v) is 8.33. The van der Waals surface area contributed by atoms with Crippen LogP contribution in [-0.4, -0.2) is 0 Å². The van der Waals surface area contributed by atoms with Gasteiger partial charge in [0.2, 0.25) is 0 Å². The number of aryl methyl sites for hydroxylation is 1. The highest BCUT2D eigenvalue weighted by Gasteiger charge is 2.08. The predicted octanol–water partition coefficient (Wildman–Crippen LogP) is 3.71. The molecule has 0 amide bonds. The maximum atomic E-state index is 3.92. The number of rotatable bonds is 1. The average Bonchev–Trinajstić information content (AvgIpc) is 2.19. The second-order valence-electron chi connectivity index (χ2n) is 3.57. The Hall–Kier alpha value is -1.69.